The summed E-state index contributed by atoms with van der Waals surface area (Å²) in [6, 6.07) is 6.18. The molecule has 1 rings (SSSR count). The zero-order chi connectivity index (χ0) is 13.4. The van der Waals surface area contributed by atoms with Gasteiger partial charge in [-0.3, -0.25) is 0 Å². The molecule has 0 amide bonds. The van der Waals surface area contributed by atoms with Crippen LogP contribution >= 0.6 is 11.6 Å². The van der Waals surface area contributed by atoms with Crippen molar-refractivity contribution in [1.82, 2.24) is 0 Å². The highest BCUT2D eigenvalue weighted by atomic mass is 35.5. The van der Waals surface area contributed by atoms with E-state index >= 15 is 0 Å². The summed E-state index contributed by atoms with van der Waals surface area (Å²) in [6.45, 7) is 7.24. The van der Waals surface area contributed by atoms with Crippen LogP contribution in [0.1, 0.15) is 46.5 Å². The van der Waals surface area contributed by atoms with Crippen LogP contribution in [0, 0.1) is 0 Å². The lowest BCUT2D eigenvalue weighted by molar-refractivity contribution is 0.318. The third-order valence-corrected chi connectivity index (χ3v) is 3.03. The average Bonchev–Trinajstić information content (AvgIpc) is 2.35. The van der Waals surface area contributed by atoms with Crippen LogP contribution in [-0.2, 0) is 0 Å². The molecule has 102 valence electrons. The van der Waals surface area contributed by atoms with Gasteiger partial charge >= 0.3 is 0 Å². The number of halogens is 1. The molecule has 1 atom stereocenters. The van der Waals surface area contributed by atoms with E-state index in [1.165, 1.54) is 12.8 Å². The lowest BCUT2D eigenvalue weighted by atomic mass is 10.1. The summed E-state index contributed by atoms with van der Waals surface area (Å²) >= 11 is 6.04. The standard InChI is InChI=1S/C15H24ClNO/c1-4-6-7-12(3)17-14-11-13(16)8-9-15(14)18-10-5-2/h8-9,11-12,17H,4-7,10H2,1-3H3. The summed E-state index contributed by atoms with van der Waals surface area (Å²) in [5, 5.41) is 4.23. The first-order chi connectivity index (χ1) is 8.67. The Hall–Kier alpha value is -0.890. The number of hydrogen-bond donors (Lipinski definition) is 1. The molecule has 0 aromatic heterocycles. The van der Waals surface area contributed by atoms with Gasteiger partial charge in [0.15, 0.2) is 0 Å². The molecule has 0 saturated heterocycles. The van der Waals surface area contributed by atoms with Gasteiger partial charge in [-0.1, -0.05) is 38.3 Å². The Morgan fingerprint density at radius 3 is 2.72 bits per heavy atom. The molecular weight excluding hydrogens is 246 g/mol. The van der Waals surface area contributed by atoms with E-state index in [1.807, 2.05) is 18.2 Å². The van der Waals surface area contributed by atoms with Gasteiger partial charge in [-0.2, -0.15) is 0 Å². The smallest absolute Gasteiger partial charge is 0.142 e. The second-order valence-electron chi connectivity index (χ2n) is 4.68. The van der Waals surface area contributed by atoms with Crippen LogP contribution in [-0.4, -0.2) is 12.6 Å². The van der Waals surface area contributed by atoms with E-state index in [9.17, 15) is 0 Å². The maximum absolute atomic E-state index is 6.04. The zero-order valence-electron chi connectivity index (χ0n) is 11.6. The highest BCUT2D eigenvalue weighted by molar-refractivity contribution is 6.30. The quantitative estimate of drug-likeness (QED) is 0.707. The van der Waals surface area contributed by atoms with Gasteiger partial charge in [0.05, 0.1) is 12.3 Å². The molecule has 1 unspecified atom stereocenters. The maximum Gasteiger partial charge on any atom is 0.142 e. The molecular formula is C15H24ClNO. The fourth-order valence-corrected chi connectivity index (χ4v) is 1.97. The van der Waals surface area contributed by atoms with Crippen molar-refractivity contribution in [1.29, 1.82) is 0 Å². The minimum Gasteiger partial charge on any atom is -0.491 e. The Balaban J connectivity index is 2.68. The Kier molecular flexibility index (Phi) is 6.96. The van der Waals surface area contributed by atoms with E-state index < -0.39 is 0 Å². The SMILES string of the molecule is CCCCC(C)Nc1cc(Cl)ccc1OCCC. The van der Waals surface area contributed by atoms with Crippen LogP contribution in [0.5, 0.6) is 5.75 Å². The first-order valence-corrected chi connectivity index (χ1v) is 7.24. The predicted octanol–water partition coefficient (Wildman–Crippen LogP) is 5.12. The average molecular weight is 270 g/mol. The Morgan fingerprint density at radius 1 is 1.28 bits per heavy atom. The monoisotopic (exact) mass is 269 g/mol. The van der Waals surface area contributed by atoms with Crippen LogP contribution < -0.4 is 10.1 Å². The van der Waals surface area contributed by atoms with Crippen molar-refractivity contribution in [2.75, 3.05) is 11.9 Å². The van der Waals surface area contributed by atoms with E-state index in [4.69, 9.17) is 16.3 Å². The van der Waals surface area contributed by atoms with Crippen molar-refractivity contribution in [3.63, 3.8) is 0 Å². The number of unbranched alkanes of at least 4 members (excludes halogenated alkanes) is 1. The Labute approximate surface area is 116 Å². The van der Waals surface area contributed by atoms with Crippen molar-refractivity contribution in [2.45, 2.75) is 52.5 Å². The molecule has 3 heteroatoms. The van der Waals surface area contributed by atoms with E-state index in [2.05, 4.69) is 26.1 Å². The van der Waals surface area contributed by atoms with E-state index in [-0.39, 0.29) is 0 Å². The van der Waals surface area contributed by atoms with E-state index in [0.29, 0.717) is 6.04 Å². The summed E-state index contributed by atoms with van der Waals surface area (Å²) in [7, 11) is 0. The number of benzene rings is 1. The molecule has 0 aliphatic rings. The largest absolute Gasteiger partial charge is 0.491 e. The van der Waals surface area contributed by atoms with Crippen molar-refractivity contribution < 1.29 is 4.74 Å². The number of anilines is 1. The molecule has 1 aromatic carbocycles. The van der Waals surface area contributed by atoms with Gasteiger partial charge in [-0.15, -0.1) is 0 Å². The lowest BCUT2D eigenvalue weighted by Crippen LogP contribution is -2.15. The zero-order valence-corrected chi connectivity index (χ0v) is 12.4. The second kappa shape index (κ2) is 8.25. The third kappa shape index (κ3) is 5.18. The first kappa shape index (κ1) is 15.2. The molecule has 0 saturated carbocycles. The van der Waals surface area contributed by atoms with Crippen LogP contribution in [0.15, 0.2) is 18.2 Å². The Morgan fingerprint density at radius 2 is 2.06 bits per heavy atom. The van der Waals surface area contributed by atoms with Crippen LogP contribution in [0.25, 0.3) is 0 Å². The molecule has 1 aromatic rings. The summed E-state index contributed by atoms with van der Waals surface area (Å²) in [4.78, 5) is 0. The number of nitrogens with one attached hydrogen (secondary N) is 1. The van der Waals surface area contributed by atoms with Gasteiger partial charge in [0.1, 0.15) is 5.75 Å². The normalized spacial score (nSPS) is 12.2. The van der Waals surface area contributed by atoms with Crippen LogP contribution in [0.3, 0.4) is 0 Å². The van der Waals surface area contributed by atoms with Gasteiger partial charge in [0.25, 0.3) is 0 Å². The molecule has 0 radical (unpaired) electrons. The van der Waals surface area contributed by atoms with Crippen LogP contribution in [0.2, 0.25) is 5.02 Å². The highest BCUT2D eigenvalue weighted by Crippen LogP contribution is 2.29. The molecule has 2 nitrogen and oxygen atoms in total. The predicted molar refractivity (Wildman–Crippen MR) is 79.8 cm³/mol. The van der Waals surface area contributed by atoms with Gasteiger partial charge in [0.2, 0.25) is 0 Å². The molecule has 0 aliphatic carbocycles. The molecule has 18 heavy (non-hydrogen) atoms. The van der Waals surface area contributed by atoms with Crippen molar-refractivity contribution >= 4 is 17.3 Å². The van der Waals surface area contributed by atoms with Gasteiger partial charge in [0, 0.05) is 11.1 Å². The molecule has 0 heterocycles. The summed E-state index contributed by atoms with van der Waals surface area (Å²) in [5.74, 6) is 0.893. The van der Waals surface area contributed by atoms with Crippen molar-refractivity contribution in [2.24, 2.45) is 0 Å². The second-order valence-corrected chi connectivity index (χ2v) is 5.11. The first-order valence-electron chi connectivity index (χ1n) is 6.86. The molecule has 0 aliphatic heterocycles. The summed E-state index contributed by atoms with van der Waals surface area (Å²) in [6.07, 6.45) is 4.63. The van der Waals surface area contributed by atoms with Gasteiger partial charge in [-0.25, -0.2) is 0 Å². The lowest BCUT2D eigenvalue weighted by Gasteiger charge is -2.18. The van der Waals surface area contributed by atoms with Gasteiger partial charge < -0.3 is 10.1 Å². The van der Waals surface area contributed by atoms with E-state index in [1.54, 1.807) is 0 Å². The minimum absolute atomic E-state index is 0.437. The fraction of sp³-hybridized carbons (Fsp3) is 0.600. The van der Waals surface area contributed by atoms with Gasteiger partial charge in [-0.05, 0) is 38.0 Å². The number of hydrogen-bond acceptors (Lipinski definition) is 2. The van der Waals surface area contributed by atoms with Crippen molar-refractivity contribution in [3.8, 4) is 5.75 Å². The highest BCUT2D eigenvalue weighted by Gasteiger charge is 2.08. The summed E-state index contributed by atoms with van der Waals surface area (Å²) < 4.78 is 5.73. The van der Waals surface area contributed by atoms with E-state index in [0.717, 1.165) is 35.9 Å². The topological polar surface area (TPSA) is 21.3 Å². The summed E-state index contributed by atoms with van der Waals surface area (Å²) in [5.41, 5.74) is 1.000. The molecule has 0 fully saturated rings. The number of rotatable bonds is 8. The molecule has 0 bridgehead atoms. The molecule has 1 N–H and O–H groups in total. The van der Waals surface area contributed by atoms with Crippen LogP contribution in [0.4, 0.5) is 5.69 Å². The van der Waals surface area contributed by atoms with Crippen molar-refractivity contribution in [3.05, 3.63) is 23.2 Å². The third-order valence-electron chi connectivity index (χ3n) is 2.80. The molecule has 0 spiro atoms. The fourth-order valence-electron chi connectivity index (χ4n) is 1.80. The maximum atomic E-state index is 6.04. The minimum atomic E-state index is 0.437. The number of ether oxygens (including phenoxy) is 1. The Bertz CT molecular complexity index is 354.